The van der Waals surface area contributed by atoms with Crippen molar-refractivity contribution in [1.29, 1.82) is 0 Å². The molecule has 5 heteroatoms. The lowest BCUT2D eigenvalue weighted by Crippen LogP contribution is -2.24. The van der Waals surface area contributed by atoms with Gasteiger partial charge in [-0.1, -0.05) is 18.2 Å². The number of fused-ring (bicyclic) bond motifs is 1. The second-order valence-corrected chi connectivity index (χ2v) is 6.46. The van der Waals surface area contributed by atoms with Gasteiger partial charge in [-0.05, 0) is 66.6 Å². The molecule has 0 spiro atoms. The zero-order valence-electron chi connectivity index (χ0n) is 12.4. The van der Waals surface area contributed by atoms with Gasteiger partial charge in [0.05, 0.1) is 11.2 Å². The number of nitrogens with zero attached hydrogens (tertiary/aromatic N) is 2. The molecular weight excluding hydrogens is 394 g/mol. The van der Waals surface area contributed by atoms with E-state index in [1.54, 1.807) is 19.1 Å². The van der Waals surface area contributed by atoms with E-state index in [0.717, 1.165) is 16.8 Å². The van der Waals surface area contributed by atoms with Crippen LogP contribution in [0.5, 0.6) is 0 Å². The van der Waals surface area contributed by atoms with E-state index < -0.39 is 5.82 Å². The van der Waals surface area contributed by atoms with E-state index in [1.807, 2.05) is 54.6 Å². The molecule has 22 heavy (non-hydrogen) atoms. The summed E-state index contributed by atoms with van der Waals surface area (Å²) in [6.07, 6.45) is 0. The van der Waals surface area contributed by atoms with Gasteiger partial charge in [-0.3, -0.25) is 9.36 Å². The van der Waals surface area contributed by atoms with Gasteiger partial charge in [0.15, 0.2) is 5.82 Å². The first-order valence-electron chi connectivity index (χ1n) is 6.85. The lowest BCUT2D eigenvalue weighted by Gasteiger charge is -2.16. The first-order chi connectivity index (χ1) is 10.4. The molecule has 1 heterocycles. The topological polar surface area (TPSA) is 34.9 Å². The molecule has 3 rings (SSSR count). The van der Waals surface area contributed by atoms with Crippen LogP contribution in [0.25, 0.3) is 16.6 Å². The van der Waals surface area contributed by atoms with Crippen molar-refractivity contribution in [3.8, 4) is 5.69 Å². The molecule has 0 N–H and O–H groups in total. The largest absolute Gasteiger partial charge is 0.269 e. The average Bonchev–Trinajstić information content (AvgIpc) is 2.45. The highest BCUT2D eigenvalue weighted by atomic mass is 127. The Bertz CT molecular complexity index is 943. The quantitative estimate of drug-likeness (QED) is 0.570. The SMILES string of the molecule is Cc1cccc(C)c1-n1c(C)nc2ccc(I)c(F)c2c1=O. The number of rotatable bonds is 1. The van der Waals surface area contributed by atoms with Crippen LogP contribution in [0.3, 0.4) is 0 Å². The third-order valence-corrected chi connectivity index (χ3v) is 4.59. The van der Waals surface area contributed by atoms with Crippen LogP contribution >= 0.6 is 22.6 Å². The summed E-state index contributed by atoms with van der Waals surface area (Å²) in [5.41, 5.74) is 2.71. The van der Waals surface area contributed by atoms with Gasteiger partial charge in [0.2, 0.25) is 0 Å². The standard InChI is InChI=1S/C17H14FIN2O/c1-9-5-4-6-10(2)16(9)21-11(3)20-13-8-7-12(19)15(18)14(13)17(21)22/h4-8H,1-3H3. The van der Waals surface area contributed by atoms with E-state index in [4.69, 9.17) is 0 Å². The molecule has 0 bridgehead atoms. The highest BCUT2D eigenvalue weighted by Crippen LogP contribution is 2.22. The highest BCUT2D eigenvalue weighted by molar-refractivity contribution is 14.1. The summed E-state index contributed by atoms with van der Waals surface area (Å²) in [5, 5.41) is 0.0418. The molecule has 112 valence electrons. The van der Waals surface area contributed by atoms with E-state index >= 15 is 0 Å². The fourth-order valence-corrected chi connectivity index (χ4v) is 3.19. The second-order valence-electron chi connectivity index (χ2n) is 5.30. The molecule has 0 saturated heterocycles. The van der Waals surface area contributed by atoms with Gasteiger partial charge < -0.3 is 0 Å². The molecule has 0 atom stereocenters. The number of halogens is 2. The molecule has 0 fully saturated rings. The number of benzene rings is 2. The Labute approximate surface area is 141 Å². The molecule has 0 saturated carbocycles. The Morgan fingerprint density at radius 2 is 1.73 bits per heavy atom. The molecule has 2 aromatic carbocycles. The normalized spacial score (nSPS) is 11.1. The molecule has 0 unspecified atom stereocenters. The molecule has 0 amide bonds. The fourth-order valence-electron chi connectivity index (χ4n) is 2.74. The summed E-state index contributed by atoms with van der Waals surface area (Å²) in [6.45, 7) is 5.63. The number of aromatic nitrogens is 2. The van der Waals surface area contributed by atoms with Crippen molar-refractivity contribution in [3.05, 3.63) is 67.0 Å². The van der Waals surface area contributed by atoms with Gasteiger partial charge >= 0.3 is 0 Å². The lowest BCUT2D eigenvalue weighted by atomic mass is 10.1. The summed E-state index contributed by atoms with van der Waals surface area (Å²) in [7, 11) is 0. The first kappa shape index (κ1) is 15.1. The van der Waals surface area contributed by atoms with Crippen molar-refractivity contribution < 1.29 is 4.39 Å². The molecule has 1 aromatic heterocycles. The Morgan fingerprint density at radius 1 is 1.09 bits per heavy atom. The number of aryl methyl sites for hydroxylation is 3. The zero-order chi connectivity index (χ0) is 16.0. The highest BCUT2D eigenvalue weighted by Gasteiger charge is 2.17. The molecule has 3 nitrogen and oxygen atoms in total. The summed E-state index contributed by atoms with van der Waals surface area (Å²) in [4.78, 5) is 17.3. The Morgan fingerprint density at radius 3 is 2.36 bits per heavy atom. The zero-order valence-corrected chi connectivity index (χ0v) is 14.6. The van der Waals surface area contributed by atoms with Crippen molar-refractivity contribution in [2.24, 2.45) is 0 Å². The first-order valence-corrected chi connectivity index (χ1v) is 7.93. The summed E-state index contributed by atoms with van der Waals surface area (Å²) in [6, 6.07) is 9.12. The van der Waals surface area contributed by atoms with Gasteiger partial charge in [0, 0.05) is 3.57 Å². The Kier molecular flexibility index (Phi) is 3.76. The predicted octanol–water partition coefficient (Wildman–Crippen LogP) is 4.05. The maximum absolute atomic E-state index is 14.4. The third kappa shape index (κ3) is 2.24. The van der Waals surface area contributed by atoms with Gasteiger partial charge in [0.25, 0.3) is 5.56 Å². The summed E-state index contributed by atoms with van der Waals surface area (Å²) in [5.74, 6) is 0.0473. The maximum Gasteiger partial charge on any atom is 0.269 e. The number of hydrogen-bond donors (Lipinski definition) is 0. The van der Waals surface area contributed by atoms with Gasteiger partial charge in [0.1, 0.15) is 11.2 Å². The van der Waals surface area contributed by atoms with Gasteiger partial charge in [-0.2, -0.15) is 0 Å². The van der Waals surface area contributed by atoms with E-state index in [2.05, 4.69) is 4.98 Å². The average molecular weight is 408 g/mol. The molecule has 0 radical (unpaired) electrons. The number of para-hydroxylation sites is 1. The van der Waals surface area contributed by atoms with Crippen molar-refractivity contribution in [1.82, 2.24) is 9.55 Å². The Balaban J connectivity index is 2.51. The van der Waals surface area contributed by atoms with E-state index in [0.29, 0.717) is 14.9 Å². The van der Waals surface area contributed by atoms with Gasteiger partial charge in [-0.15, -0.1) is 0 Å². The summed E-state index contributed by atoms with van der Waals surface area (Å²) >= 11 is 1.89. The van der Waals surface area contributed by atoms with E-state index in [1.165, 1.54) is 4.57 Å². The molecule has 0 aliphatic rings. The van der Waals surface area contributed by atoms with Crippen molar-refractivity contribution in [2.75, 3.05) is 0 Å². The van der Waals surface area contributed by atoms with Crippen LogP contribution < -0.4 is 5.56 Å². The smallest absolute Gasteiger partial charge is 0.268 e. The van der Waals surface area contributed by atoms with Crippen LogP contribution in [-0.2, 0) is 0 Å². The van der Waals surface area contributed by atoms with Crippen molar-refractivity contribution in [2.45, 2.75) is 20.8 Å². The van der Waals surface area contributed by atoms with Crippen LogP contribution in [0.15, 0.2) is 35.1 Å². The molecule has 0 aliphatic carbocycles. The Hall–Kier alpha value is -1.76. The van der Waals surface area contributed by atoms with Gasteiger partial charge in [-0.25, -0.2) is 9.37 Å². The number of hydrogen-bond acceptors (Lipinski definition) is 2. The van der Waals surface area contributed by atoms with Crippen LogP contribution in [0.1, 0.15) is 17.0 Å². The van der Waals surface area contributed by atoms with Crippen LogP contribution in [-0.4, -0.2) is 9.55 Å². The van der Waals surface area contributed by atoms with Crippen molar-refractivity contribution >= 4 is 33.5 Å². The molecule has 0 aliphatic heterocycles. The van der Waals surface area contributed by atoms with Crippen molar-refractivity contribution in [3.63, 3.8) is 0 Å². The fraction of sp³-hybridized carbons (Fsp3) is 0.176. The minimum atomic E-state index is -0.504. The minimum Gasteiger partial charge on any atom is -0.268 e. The molecular formula is C17H14FIN2O. The second kappa shape index (κ2) is 5.46. The monoisotopic (exact) mass is 408 g/mol. The van der Waals surface area contributed by atoms with Crippen LogP contribution in [0.4, 0.5) is 4.39 Å². The lowest BCUT2D eigenvalue weighted by molar-refractivity contribution is 0.629. The predicted molar refractivity (Wildman–Crippen MR) is 94.2 cm³/mol. The summed E-state index contributed by atoms with van der Waals surface area (Å²) < 4.78 is 16.4. The minimum absolute atomic E-state index is 0.0418. The van der Waals surface area contributed by atoms with E-state index in [9.17, 15) is 9.18 Å². The maximum atomic E-state index is 14.4. The van der Waals surface area contributed by atoms with E-state index in [-0.39, 0.29) is 10.9 Å². The third-order valence-electron chi connectivity index (χ3n) is 3.76. The molecule has 3 aromatic rings. The van der Waals surface area contributed by atoms with Crippen LogP contribution in [0.2, 0.25) is 0 Å². The van der Waals surface area contributed by atoms with Crippen LogP contribution in [0, 0.1) is 30.2 Å².